The third kappa shape index (κ3) is 4.91. The molecule has 0 bridgehead atoms. The average Bonchev–Trinajstić information content (AvgIpc) is 2.68. The number of carbonyl (C=O) groups is 1. The highest BCUT2D eigenvalue weighted by Crippen LogP contribution is 2.16. The van der Waals surface area contributed by atoms with Crippen LogP contribution >= 0.6 is 0 Å². The van der Waals surface area contributed by atoms with Crippen LogP contribution in [0.15, 0.2) is 0 Å². The maximum absolute atomic E-state index is 11.8. The lowest BCUT2D eigenvalue weighted by Gasteiger charge is -2.23. The Bertz CT molecular complexity index is 369. The highest BCUT2D eigenvalue weighted by atomic mass is 32.2. The summed E-state index contributed by atoms with van der Waals surface area (Å²) < 4.78 is 27.6. The van der Waals surface area contributed by atoms with E-state index in [1.54, 1.807) is 19.1 Å². The number of rotatable bonds is 7. The SMILES string of the molecule is COCCCNCC(=O)N(C)C1CCS(=O)(=O)C1. The largest absolute Gasteiger partial charge is 0.385 e. The van der Waals surface area contributed by atoms with Crippen LogP contribution in [0.1, 0.15) is 12.8 Å². The summed E-state index contributed by atoms with van der Waals surface area (Å²) in [4.78, 5) is 13.4. The molecule has 0 aromatic heterocycles. The van der Waals surface area contributed by atoms with E-state index in [2.05, 4.69) is 5.32 Å². The summed E-state index contributed by atoms with van der Waals surface area (Å²) >= 11 is 0. The maximum Gasteiger partial charge on any atom is 0.236 e. The van der Waals surface area contributed by atoms with Gasteiger partial charge < -0.3 is 15.0 Å². The first kappa shape index (κ1) is 15.4. The predicted octanol–water partition coefficient (Wildman–Crippen LogP) is -0.742. The van der Waals surface area contributed by atoms with E-state index in [0.717, 1.165) is 13.0 Å². The van der Waals surface area contributed by atoms with Crippen molar-refractivity contribution in [2.75, 3.05) is 45.4 Å². The summed E-state index contributed by atoms with van der Waals surface area (Å²) in [7, 11) is 0.372. The molecular weight excluding hydrogens is 256 g/mol. The first-order valence-corrected chi connectivity index (χ1v) is 7.94. The highest BCUT2D eigenvalue weighted by molar-refractivity contribution is 7.91. The van der Waals surface area contributed by atoms with E-state index >= 15 is 0 Å². The molecule has 1 atom stereocenters. The monoisotopic (exact) mass is 278 g/mol. The second kappa shape index (κ2) is 7.06. The van der Waals surface area contributed by atoms with E-state index in [0.29, 0.717) is 13.0 Å². The smallest absolute Gasteiger partial charge is 0.236 e. The van der Waals surface area contributed by atoms with Crippen molar-refractivity contribution in [1.29, 1.82) is 0 Å². The molecule has 1 unspecified atom stereocenters. The lowest BCUT2D eigenvalue weighted by Crippen LogP contribution is -2.42. The Hall–Kier alpha value is -0.660. The molecule has 1 aliphatic heterocycles. The summed E-state index contributed by atoms with van der Waals surface area (Å²) in [5, 5.41) is 3.02. The molecule has 1 rings (SSSR count). The molecule has 0 aromatic rings. The predicted molar refractivity (Wildman–Crippen MR) is 69.2 cm³/mol. The van der Waals surface area contributed by atoms with E-state index in [4.69, 9.17) is 4.74 Å². The molecule has 0 spiro atoms. The number of nitrogens with one attached hydrogen (secondary N) is 1. The highest BCUT2D eigenvalue weighted by Gasteiger charge is 2.32. The van der Waals surface area contributed by atoms with Crippen molar-refractivity contribution >= 4 is 15.7 Å². The van der Waals surface area contributed by atoms with E-state index in [1.807, 2.05) is 0 Å². The number of sulfone groups is 1. The second-order valence-corrected chi connectivity index (χ2v) is 6.81. The van der Waals surface area contributed by atoms with Crippen molar-refractivity contribution in [2.45, 2.75) is 18.9 Å². The van der Waals surface area contributed by atoms with Crippen molar-refractivity contribution < 1.29 is 17.9 Å². The van der Waals surface area contributed by atoms with Crippen LogP contribution in [0.25, 0.3) is 0 Å². The molecule has 1 N–H and O–H groups in total. The average molecular weight is 278 g/mol. The van der Waals surface area contributed by atoms with Gasteiger partial charge in [-0.2, -0.15) is 0 Å². The summed E-state index contributed by atoms with van der Waals surface area (Å²) in [5.74, 6) is 0.227. The lowest BCUT2D eigenvalue weighted by atomic mass is 10.2. The Labute approximate surface area is 109 Å². The van der Waals surface area contributed by atoms with Gasteiger partial charge in [0.15, 0.2) is 9.84 Å². The van der Waals surface area contributed by atoms with Crippen molar-refractivity contribution in [3.63, 3.8) is 0 Å². The molecule has 106 valence electrons. The Morgan fingerprint density at radius 1 is 1.50 bits per heavy atom. The summed E-state index contributed by atoms with van der Waals surface area (Å²) in [5.41, 5.74) is 0. The number of hydrogen-bond donors (Lipinski definition) is 1. The fourth-order valence-electron chi connectivity index (χ4n) is 1.95. The molecule has 0 saturated carbocycles. The first-order chi connectivity index (χ1) is 8.46. The molecule has 1 saturated heterocycles. The van der Waals surface area contributed by atoms with Crippen LogP contribution in [0.2, 0.25) is 0 Å². The van der Waals surface area contributed by atoms with Crippen molar-refractivity contribution in [3.05, 3.63) is 0 Å². The van der Waals surface area contributed by atoms with Gasteiger partial charge in [0.1, 0.15) is 0 Å². The molecule has 7 heteroatoms. The fourth-order valence-corrected chi connectivity index (χ4v) is 3.72. The molecule has 18 heavy (non-hydrogen) atoms. The zero-order valence-corrected chi connectivity index (χ0v) is 11.8. The molecular formula is C11H22N2O4S. The minimum atomic E-state index is -2.94. The zero-order chi connectivity index (χ0) is 13.6. The quantitative estimate of drug-likeness (QED) is 0.621. The Morgan fingerprint density at radius 3 is 2.78 bits per heavy atom. The number of carbonyl (C=O) groups excluding carboxylic acids is 1. The number of likely N-dealkylation sites (N-methyl/N-ethyl adjacent to an activating group) is 1. The van der Waals surface area contributed by atoms with Gasteiger partial charge in [-0.05, 0) is 19.4 Å². The van der Waals surface area contributed by atoms with Crippen LogP contribution in [0.5, 0.6) is 0 Å². The molecule has 0 radical (unpaired) electrons. The van der Waals surface area contributed by atoms with Crippen LogP contribution in [-0.2, 0) is 19.4 Å². The van der Waals surface area contributed by atoms with Gasteiger partial charge in [0.2, 0.25) is 5.91 Å². The van der Waals surface area contributed by atoms with E-state index < -0.39 is 9.84 Å². The zero-order valence-electron chi connectivity index (χ0n) is 11.0. The van der Waals surface area contributed by atoms with Crippen LogP contribution < -0.4 is 5.32 Å². The van der Waals surface area contributed by atoms with Crippen LogP contribution in [0.3, 0.4) is 0 Å². The fraction of sp³-hybridized carbons (Fsp3) is 0.909. The second-order valence-electron chi connectivity index (χ2n) is 4.58. The molecule has 6 nitrogen and oxygen atoms in total. The number of amides is 1. The normalized spacial score (nSPS) is 22.0. The standard InChI is InChI=1S/C11H22N2O4S/c1-13(10-4-7-18(15,16)9-10)11(14)8-12-5-3-6-17-2/h10,12H,3-9H2,1-2H3. The summed E-state index contributed by atoms with van der Waals surface area (Å²) in [6.45, 7) is 1.63. The van der Waals surface area contributed by atoms with Crippen LogP contribution in [0.4, 0.5) is 0 Å². The van der Waals surface area contributed by atoms with Crippen molar-refractivity contribution in [1.82, 2.24) is 10.2 Å². The molecule has 1 heterocycles. The van der Waals surface area contributed by atoms with Gasteiger partial charge in [-0.15, -0.1) is 0 Å². The third-order valence-corrected chi connectivity index (χ3v) is 4.88. The lowest BCUT2D eigenvalue weighted by molar-refractivity contribution is -0.130. The summed E-state index contributed by atoms with van der Waals surface area (Å²) in [6.07, 6.45) is 1.40. The number of nitrogens with zero attached hydrogens (tertiary/aromatic N) is 1. The van der Waals surface area contributed by atoms with Gasteiger partial charge in [0, 0.05) is 26.8 Å². The van der Waals surface area contributed by atoms with Gasteiger partial charge >= 0.3 is 0 Å². The molecule has 0 aliphatic carbocycles. The molecule has 1 amide bonds. The van der Waals surface area contributed by atoms with Gasteiger partial charge in [-0.3, -0.25) is 4.79 Å². The minimum absolute atomic E-state index is 0.0606. The Morgan fingerprint density at radius 2 is 2.22 bits per heavy atom. The molecule has 1 fully saturated rings. The number of methoxy groups -OCH3 is 1. The van der Waals surface area contributed by atoms with Gasteiger partial charge in [0.05, 0.1) is 18.1 Å². The van der Waals surface area contributed by atoms with Gasteiger partial charge in [-0.1, -0.05) is 0 Å². The number of ether oxygens (including phenoxy) is 1. The Balaban J connectivity index is 2.25. The van der Waals surface area contributed by atoms with Crippen LogP contribution in [0, 0.1) is 0 Å². The van der Waals surface area contributed by atoms with Crippen molar-refractivity contribution in [3.8, 4) is 0 Å². The van der Waals surface area contributed by atoms with Gasteiger partial charge in [0.25, 0.3) is 0 Å². The Kier molecular flexibility index (Phi) is 6.04. The van der Waals surface area contributed by atoms with Gasteiger partial charge in [-0.25, -0.2) is 8.42 Å². The third-order valence-electron chi connectivity index (χ3n) is 3.13. The van der Waals surface area contributed by atoms with Crippen LogP contribution in [-0.4, -0.2) is 70.6 Å². The maximum atomic E-state index is 11.8. The molecule has 1 aliphatic rings. The first-order valence-electron chi connectivity index (χ1n) is 6.12. The number of hydrogen-bond acceptors (Lipinski definition) is 5. The topological polar surface area (TPSA) is 75.7 Å². The van der Waals surface area contributed by atoms with Crippen molar-refractivity contribution in [2.24, 2.45) is 0 Å². The van der Waals surface area contributed by atoms with E-state index in [1.165, 1.54) is 0 Å². The summed E-state index contributed by atoms with van der Waals surface area (Å²) in [6, 6.07) is -0.164. The molecule has 0 aromatic carbocycles. The minimum Gasteiger partial charge on any atom is -0.385 e. The van der Waals surface area contributed by atoms with E-state index in [-0.39, 0.29) is 30.0 Å². The van der Waals surface area contributed by atoms with E-state index in [9.17, 15) is 13.2 Å².